The van der Waals surface area contributed by atoms with Gasteiger partial charge in [0.15, 0.2) is 0 Å². The normalized spacial score (nSPS) is 15.8. The Bertz CT molecular complexity index is 1570. The molecule has 3 aromatic carbocycles. The highest BCUT2D eigenvalue weighted by molar-refractivity contribution is 6.21. The van der Waals surface area contributed by atoms with E-state index < -0.39 is 12.1 Å². The van der Waals surface area contributed by atoms with Crippen molar-refractivity contribution in [3.05, 3.63) is 126 Å². The Labute approximate surface area is 259 Å². The van der Waals surface area contributed by atoms with E-state index in [-0.39, 0.29) is 30.7 Å². The smallest absolute Gasteiger partial charge is 0.272 e. The Kier molecular flexibility index (Phi) is 11.2. The standard InChI is InChI=1S/C37H39N3O4/c1-5-13-28(14-6-2)34-32-19-10-11-20-33(32)40(25-27-15-12-18-31(24-27)44-30-16-8-7-9-17-30)37(43)35(38-34)39-36(42)29(21-22-41)23-26(3)4/h5-20,22,24,26,29,35H,1,21,23,25H2,2-4H3,(H,39,42)/b14-6-,28-13+. The van der Waals surface area contributed by atoms with Crippen LogP contribution in [0.15, 0.2) is 120 Å². The summed E-state index contributed by atoms with van der Waals surface area (Å²) in [5.41, 5.74) is 3.54. The van der Waals surface area contributed by atoms with Crippen LogP contribution in [0.4, 0.5) is 5.69 Å². The van der Waals surface area contributed by atoms with Gasteiger partial charge in [0, 0.05) is 23.5 Å². The summed E-state index contributed by atoms with van der Waals surface area (Å²) < 4.78 is 6.05. The third-order valence-electron chi connectivity index (χ3n) is 7.13. The number of aliphatic imine (C=N–C) groups is 1. The van der Waals surface area contributed by atoms with Gasteiger partial charge in [0.05, 0.1) is 17.9 Å². The van der Waals surface area contributed by atoms with Gasteiger partial charge in [-0.1, -0.05) is 93.3 Å². The summed E-state index contributed by atoms with van der Waals surface area (Å²) in [4.78, 5) is 45.8. The first-order valence-corrected chi connectivity index (χ1v) is 14.8. The topological polar surface area (TPSA) is 88.1 Å². The second-order valence-corrected chi connectivity index (χ2v) is 11.0. The second-order valence-electron chi connectivity index (χ2n) is 11.0. The number of fused-ring (bicyclic) bond motifs is 1. The fourth-order valence-electron chi connectivity index (χ4n) is 5.20. The van der Waals surface area contributed by atoms with E-state index in [1.165, 1.54) is 0 Å². The summed E-state index contributed by atoms with van der Waals surface area (Å²) in [6, 6.07) is 24.6. The molecule has 0 fully saturated rings. The Morgan fingerprint density at radius 1 is 1.05 bits per heavy atom. The van der Waals surface area contributed by atoms with Crippen LogP contribution in [0.1, 0.15) is 44.7 Å². The second kappa shape index (κ2) is 15.4. The minimum atomic E-state index is -1.21. The number of amides is 2. The Morgan fingerprint density at radius 2 is 1.77 bits per heavy atom. The number of allylic oxidation sites excluding steroid dienone is 5. The molecular weight excluding hydrogens is 550 g/mol. The number of anilines is 1. The van der Waals surface area contributed by atoms with Crippen molar-refractivity contribution in [3.8, 4) is 11.5 Å². The average molecular weight is 590 g/mol. The van der Waals surface area contributed by atoms with Gasteiger partial charge in [-0.15, -0.1) is 0 Å². The molecule has 0 spiro atoms. The summed E-state index contributed by atoms with van der Waals surface area (Å²) in [5, 5.41) is 2.88. The van der Waals surface area contributed by atoms with E-state index in [0.29, 0.717) is 29.3 Å². The lowest BCUT2D eigenvalue weighted by molar-refractivity contribution is -0.131. The Balaban J connectivity index is 1.77. The summed E-state index contributed by atoms with van der Waals surface area (Å²) in [7, 11) is 0. The molecule has 0 bridgehead atoms. The van der Waals surface area contributed by atoms with Crippen LogP contribution < -0.4 is 15.0 Å². The maximum atomic E-state index is 14.4. The predicted molar refractivity (Wildman–Crippen MR) is 176 cm³/mol. The molecule has 0 aliphatic carbocycles. The maximum absolute atomic E-state index is 14.4. The minimum Gasteiger partial charge on any atom is -0.457 e. The van der Waals surface area contributed by atoms with Gasteiger partial charge in [0.25, 0.3) is 5.91 Å². The van der Waals surface area contributed by atoms with Crippen molar-refractivity contribution >= 4 is 29.5 Å². The predicted octanol–water partition coefficient (Wildman–Crippen LogP) is 7.20. The van der Waals surface area contributed by atoms with E-state index in [9.17, 15) is 14.4 Å². The molecule has 1 heterocycles. The van der Waals surface area contributed by atoms with Crippen LogP contribution in [0.3, 0.4) is 0 Å². The number of nitrogens with zero attached hydrogens (tertiary/aromatic N) is 2. The van der Waals surface area contributed by atoms with Gasteiger partial charge >= 0.3 is 0 Å². The third kappa shape index (κ3) is 8.07. The molecular formula is C37H39N3O4. The van der Waals surface area contributed by atoms with Crippen LogP contribution >= 0.6 is 0 Å². The molecule has 0 saturated heterocycles. The first kappa shape index (κ1) is 31.9. The van der Waals surface area contributed by atoms with Crippen molar-refractivity contribution in [2.75, 3.05) is 4.90 Å². The molecule has 0 radical (unpaired) electrons. The van der Waals surface area contributed by atoms with Crippen molar-refractivity contribution in [2.45, 2.75) is 46.3 Å². The molecule has 1 aliphatic rings. The van der Waals surface area contributed by atoms with Crippen molar-refractivity contribution in [1.82, 2.24) is 5.32 Å². The fraction of sp³-hybridized carbons (Fsp3) is 0.243. The molecule has 3 aromatic rings. The molecule has 1 aliphatic heterocycles. The van der Waals surface area contributed by atoms with Gasteiger partial charge in [-0.25, -0.2) is 4.99 Å². The number of para-hydroxylation sites is 2. The van der Waals surface area contributed by atoms with E-state index in [1.807, 2.05) is 118 Å². The average Bonchev–Trinajstić information content (AvgIpc) is 3.12. The van der Waals surface area contributed by atoms with Crippen LogP contribution in [0.5, 0.6) is 11.5 Å². The zero-order chi connectivity index (χ0) is 31.5. The number of rotatable bonds is 13. The SMILES string of the molecule is C=C/C=C(\C=C/C)C1=NC(NC(=O)C(CC=O)CC(C)C)C(=O)N(Cc2cccc(Oc3ccccc3)c2)c2ccccc21. The number of carbonyl (C=O) groups is 3. The van der Waals surface area contributed by atoms with E-state index in [4.69, 9.17) is 9.73 Å². The molecule has 0 aromatic heterocycles. The van der Waals surface area contributed by atoms with E-state index in [2.05, 4.69) is 11.9 Å². The van der Waals surface area contributed by atoms with Crippen molar-refractivity contribution < 1.29 is 19.1 Å². The molecule has 7 heteroatoms. The van der Waals surface area contributed by atoms with Crippen LogP contribution in [-0.2, 0) is 20.9 Å². The minimum absolute atomic E-state index is 0.0693. The van der Waals surface area contributed by atoms with Crippen molar-refractivity contribution in [1.29, 1.82) is 0 Å². The number of hydrogen-bond acceptors (Lipinski definition) is 5. The van der Waals surface area contributed by atoms with Gasteiger partial charge in [0.2, 0.25) is 12.1 Å². The highest BCUT2D eigenvalue weighted by Gasteiger charge is 2.34. The number of benzene rings is 3. The monoisotopic (exact) mass is 589 g/mol. The van der Waals surface area contributed by atoms with Gasteiger partial charge in [-0.2, -0.15) is 0 Å². The van der Waals surface area contributed by atoms with Crippen LogP contribution in [0.25, 0.3) is 0 Å². The Hall–Kier alpha value is -5.04. The summed E-state index contributed by atoms with van der Waals surface area (Å²) in [5.74, 6) is 0.208. The number of hydrogen-bond donors (Lipinski definition) is 1. The summed E-state index contributed by atoms with van der Waals surface area (Å²) in [6.07, 6.45) is 7.40. The van der Waals surface area contributed by atoms with Crippen molar-refractivity contribution in [3.63, 3.8) is 0 Å². The Morgan fingerprint density at radius 3 is 2.48 bits per heavy atom. The summed E-state index contributed by atoms with van der Waals surface area (Å²) in [6.45, 7) is 9.97. The number of benzodiazepines with no additional fused rings is 1. The van der Waals surface area contributed by atoms with Crippen LogP contribution in [0.2, 0.25) is 0 Å². The lowest BCUT2D eigenvalue weighted by Crippen LogP contribution is -2.49. The van der Waals surface area contributed by atoms with E-state index in [0.717, 1.165) is 23.0 Å². The summed E-state index contributed by atoms with van der Waals surface area (Å²) >= 11 is 0. The first-order valence-electron chi connectivity index (χ1n) is 14.8. The van der Waals surface area contributed by atoms with E-state index >= 15 is 0 Å². The zero-order valence-corrected chi connectivity index (χ0v) is 25.5. The van der Waals surface area contributed by atoms with Crippen LogP contribution in [0, 0.1) is 11.8 Å². The van der Waals surface area contributed by atoms with Gasteiger partial charge < -0.3 is 19.7 Å². The molecule has 2 atom stereocenters. The quantitative estimate of drug-likeness (QED) is 0.169. The molecule has 2 amide bonds. The molecule has 0 saturated carbocycles. The maximum Gasteiger partial charge on any atom is 0.272 e. The van der Waals surface area contributed by atoms with Crippen LogP contribution in [-0.4, -0.2) is 30.0 Å². The van der Waals surface area contributed by atoms with Crippen molar-refractivity contribution in [2.24, 2.45) is 16.8 Å². The molecule has 7 nitrogen and oxygen atoms in total. The highest BCUT2D eigenvalue weighted by Crippen LogP contribution is 2.31. The number of carbonyl (C=O) groups excluding carboxylic acids is 3. The number of nitrogens with one attached hydrogen (secondary N) is 1. The van der Waals surface area contributed by atoms with Gasteiger partial charge in [-0.3, -0.25) is 9.59 Å². The fourth-order valence-corrected chi connectivity index (χ4v) is 5.20. The molecule has 226 valence electrons. The van der Waals surface area contributed by atoms with Gasteiger partial charge in [0.1, 0.15) is 17.8 Å². The van der Waals surface area contributed by atoms with Gasteiger partial charge in [-0.05, 0) is 55.2 Å². The van der Waals surface area contributed by atoms with E-state index in [1.54, 1.807) is 11.0 Å². The molecule has 44 heavy (non-hydrogen) atoms. The molecule has 2 unspecified atom stereocenters. The molecule has 1 N–H and O–H groups in total. The largest absolute Gasteiger partial charge is 0.457 e. The zero-order valence-electron chi connectivity index (χ0n) is 25.5. The number of ether oxygens (including phenoxy) is 1. The first-order chi connectivity index (χ1) is 21.3. The lowest BCUT2D eigenvalue weighted by atomic mass is 9.94. The number of aldehydes is 1. The highest BCUT2D eigenvalue weighted by atomic mass is 16.5. The molecule has 4 rings (SSSR count). The lowest BCUT2D eigenvalue weighted by Gasteiger charge is -2.26. The third-order valence-corrected chi connectivity index (χ3v) is 7.13.